The number of ketones is 1. The summed E-state index contributed by atoms with van der Waals surface area (Å²) in [6.07, 6.45) is 15.6. The van der Waals surface area contributed by atoms with Crippen LogP contribution in [0.25, 0.3) is 0 Å². The highest BCUT2D eigenvalue weighted by molar-refractivity contribution is 9.11. The van der Waals surface area contributed by atoms with Crippen LogP contribution in [-0.4, -0.2) is 88.0 Å². The van der Waals surface area contributed by atoms with Crippen LogP contribution in [0.1, 0.15) is 179 Å². The van der Waals surface area contributed by atoms with Crippen molar-refractivity contribution in [2.75, 3.05) is 34.5 Å². The maximum atomic E-state index is 12.8. The molecule has 0 aromatic heterocycles. The van der Waals surface area contributed by atoms with E-state index in [0.29, 0.717) is 41.8 Å². The summed E-state index contributed by atoms with van der Waals surface area (Å²) in [6, 6.07) is 19.0. The molecule has 9 nitrogen and oxygen atoms in total. The molecule has 14 heteroatoms. The lowest BCUT2D eigenvalue weighted by molar-refractivity contribution is -0.00680. The van der Waals surface area contributed by atoms with Crippen molar-refractivity contribution in [3.8, 4) is 0 Å². The van der Waals surface area contributed by atoms with Crippen LogP contribution in [0.5, 0.6) is 0 Å². The Bertz CT molecular complexity index is 2480. The fraction of sp³-hybridized carbons (Fsp3) is 0.656. The van der Waals surface area contributed by atoms with Gasteiger partial charge < -0.3 is 18.9 Å². The first kappa shape index (κ1) is 62.4. The molecular formula is C61H87Br3N2O7S2. The predicted octanol–water partition coefficient (Wildman–Crippen LogP) is 15.6. The monoisotopic (exact) mass is 1260 g/mol. The Morgan fingerprint density at radius 3 is 1.19 bits per heavy atom. The molecule has 3 saturated carbocycles. The average molecular weight is 1260 g/mol. The number of hydrogen-bond donors (Lipinski definition) is 0. The van der Waals surface area contributed by atoms with Gasteiger partial charge in [0.05, 0.1) is 39.2 Å². The topological polar surface area (TPSA) is 113 Å². The van der Waals surface area contributed by atoms with Crippen LogP contribution in [0.3, 0.4) is 0 Å². The summed E-state index contributed by atoms with van der Waals surface area (Å²) in [6.45, 7) is 20.7. The molecule has 0 unspecified atom stereocenters. The molecule has 7 aliphatic rings. The van der Waals surface area contributed by atoms with Crippen LogP contribution in [0.2, 0.25) is 0 Å². The molecule has 1 heterocycles. The molecule has 0 bridgehead atoms. The van der Waals surface area contributed by atoms with Gasteiger partial charge in [-0.05, 0) is 202 Å². The van der Waals surface area contributed by atoms with E-state index in [-0.39, 0.29) is 33.2 Å². The second kappa shape index (κ2) is 25.8. The minimum absolute atomic E-state index is 0. The Kier molecular flexibility index (Phi) is 21.5. The summed E-state index contributed by atoms with van der Waals surface area (Å²) in [4.78, 5) is 12.8. The Labute approximate surface area is 481 Å². The first-order chi connectivity index (χ1) is 34.9. The third kappa shape index (κ3) is 14.2. The van der Waals surface area contributed by atoms with Crippen LogP contribution in [0.15, 0.2) is 76.8 Å². The van der Waals surface area contributed by atoms with Gasteiger partial charge in [-0.15, -0.1) is 0 Å². The average Bonchev–Trinajstić information content (AvgIpc) is 4.13. The third-order valence-corrected chi connectivity index (χ3v) is 21.2. The number of Topliss-reactive ketones (excluding diaryl/α,β-unsaturated/α-hetero) is 1. The number of rotatable bonds is 5. The molecule has 0 radical (unpaired) electrons. The molecule has 10 rings (SSSR count). The number of carbonyl (C=O) groups excluding carboxylic acids is 1. The van der Waals surface area contributed by atoms with Gasteiger partial charge in [-0.2, -0.15) is 8.80 Å². The summed E-state index contributed by atoms with van der Waals surface area (Å²) < 4.78 is 59.5. The van der Waals surface area contributed by atoms with Crippen LogP contribution in [0.4, 0.5) is 0 Å². The Morgan fingerprint density at radius 2 is 0.867 bits per heavy atom. The van der Waals surface area contributed by atoms with Gasteiger partial charge >= 0.3 is 0 Å². The van der Waals surface area contributed by atoms with Gasteiger partial charge in [-0.1, -0.05) is 94.2 Å². The number of methoxy groups -OCH3 is 3. The SMILES string of the molecule is C.C1CCOC1.CO[C@@H]1CC[C@]2(Cc3ccc(Br)cc3C2=N[S@@](=O)C(C)(C)C)C[C@H]1C.CO[C@H]1CC[C@@]2(Cc3ccc(Br)cc3C2=N[S@@](=O)C(C)(C)C)C[C@@H]1C.CO[C@H]1CC[C@@]2(Cc3ccc(Br)cc3C2=O)C[C@@H]1C. The van der Waals surface area contributed by atoms with Crippen LogP contribution < -0.4 is 0 Å². The molecule has 3 spiro atoms. The van der Waals surface area contributed by atoms with Gasteiger partial charge in [0.2, 0.25) is 0 Å². The molecule has 1 aliphatic heterocycles. The van der Waals surface area contributed by atoms with Gasteiger partial charge in [0.25, 0.3) is 0 Å². The summed E-state index contributed by atoms with van der Waals surface area (Å²) in [5, 5.41) is 0. The van der Waals surface area contributed by atoms with E-state index < -0.39 is 22.0 Å². The van der Waals surface area contributed by atoms with Crippen molar-refractivity contribution in [1.82, 2.24) is 0 Å². The minimum Gasteiger partial charge on any atom is -0.381 e. The maximum absolute atomic E-state index is 12.8. The lowest BCUT2D eigenvalue weighted by atomic mass is 9.66. The zero-order chi connectivity index (χ0) is 54.0. The molecule has 4 fully saturated rings. The molecular weight excluding hydrogens is 1180 g/mol. The fourth-order valence-corrected chi connectivity index (χ4v) is 15.6. The number of ether oxygens (including phenoxy) is 4. The largest absolute Gasteiger partial charge is 0.381 e. The van der Waals surface area contributed by atoms with Crippen LogP contribution >= 0.6 is 47.8 Å². The van der Waals surface area contributed by atoms with Crippen molar-refractivity contribution >= 4 is 87.0 Å². The summed E-state index contributed by atoms with van der Waals surface area (Å²) in [5.74, 6) is 1.76. The highest BCUT2D eigenvalue weighted by atomic mass is 79.9. The van der Waals surface area contributed by atoms with Crippen LogP contribution in [0, 0.1) is 34.0 Å². The van der Waals surface area contributed by atoms with E-state index in [1.54, 1.807) is 7.11 Å². The smallest absolute Gasteiger partial charge is 0.169 e. The second-order valence-electron chi connectivity index (χ2n) is 24.5. The van der Waals surface area contributed by atoms with Gasteiger partial charge in [-0.25, -0.2) is 8.42 Å². The Balaban J connectivity index is 0.000000174. The number of benzene rings is 3. The number of fused-ring (bicyclic) bond motifs is 3. The van der Waals surface area contributed by atoms with Gasteiger partial charge in [0.15, 0.2) is 5.78 Å². The summed E-state index contributed by atoms with van der Waals surface area (Å²) >= 11 is 10.6. The third-order valence-electron chi connectivity index (χ3n) is 16.9. The van der Waals surface area contributed by atoms with Crippen molar-refractivity contribution in [1.29, 1.82) is 0 Å². The van der Waals surface area contributed by atoms with Crippen molar-refractivity contribution in [2.45, 2.75) is 187 Å². The minimum atomic E-state index is -1.25. The standard InChI is InChI=1S/2C20H28BrNO2S.C16H19BrO2.C4H8O.CH4/c2*1-13-11-20(9-8-17(13)24-5)12-14-6-7-15(21)10-16(14)18(20)22-25(23)19(2,3)4;1-10-8-16(6-5-14(10)19-2)9-11-3-4-12(17)7-13(11)15(16)18;1-2-4-5-3-1;/h2*6-7,10,13,17H,8-9,11-12H2,1-5H3;3-4,7,10,14H,5-6,8-9H2,1-2H3;1-4H2;1H4/t13-,17-,20-,25+;13-,17-,20-,25-;10-,14-,16-;;/m100../s1. The highest BCUT2D eigenvalue weighted by Crippen LogP contribution is 2.53. The van der Waals surface area contributed by atoms with Crippen molar-refractivity contribution < 1.29 is 32.2 Å². The quantitative estimate of drug-likeness (QED) is 0.250. The van der Waals surface area contributed by atoms with Gasteiger partial charge in [0.1, 0.15) is 22.0 Å². The van der Waals surface area contributed by atoms with Crippen molar-refractivity contribution in [3.05, 3.63) is 101 Å². The summed E-state index contributed by atoms with van der Waals surface area (Å²) in [5.41, 5.74) is 9.11. The van der Waals surface area contributed by atoms with Gasteiger partial charge in [-0.3, -0.25) is 4.79 Å². The lowest BCUT2D eigenvalue weighted by Crippen LogP contribution is -2.41. The fourth-order valence-electron chi connectivity index (χ4n) is 13.0. The number of nitrogens with zero attached hydrogens (tertiary/aromatic N) is 2. The Morgan fingerprint density at radius 1 is 0.547 bits per heavy atom. The van der Waals surface area contributed by atoms with E-state index in [2.05, 4.69) is 111 Å². The molecule has 1 saturated heterocycles. The number of halogens is 3. The maximum Gasteiger partial charge on any atom is 0.169 e. The zero-order valence-corrected chi connectivity index (χ0v) is 52.6. The summed E-state index contributed by atoms with van der Waals surface area (Å²) in [7, 11) is 2.90. The normalized spacial score (nSPS) is 31.6. The molecule has 416 valence electrons. The van der Waals surface area contributed by atoms with Crippen LogP contribution in [-0.2, 0) is 60.2 Å². The zero-order valence-electron chi connectivity index (χ0n) is 46.2. The number of carbonyl (C=O) groups is 1. The van der Waals surface area contributed by atoms with E-state index in [1.807, 2.05) is 67.9 Å². The van der Waals surface area contributed by atoms with Crippen molar-refractivity contribution in [3.63, 3.8) is 0 Å². The van der Waals surface area contributed by atoms with Crippen molar-refractivity contribution in [2.24, 2.45) is 42.8 Å². The molecule has 11 atom stereocenters. The molecule has 6 aliphatic carbocycles. The predicted molar refractivity (Wildman–Crippen MR) is 322 cm³/mol. The van der Waals surface area contributed by atoms with Gasteiger partial charge in [0, 0.05) is 80.9 Å². The first-order valence-corrected chi connectivity index (χ1v) is 31.6. The first-order valence-electron chi connectivity index (χ1n) is 27.0. The van der Waals surface area contributed by atoms with E-state index in [0.717, 1.165) is 121 Å². The molecule has 3 aromatic carbocycles. The molecule has 3 aromatic rings. The van der Waals surface area contributed by atoms with E-state index in [4.69, 9.17) is 27.7 Å². The van der Waals surface area contributed by atoms with E-state index >= 15 is 0 Å². The second-order valence-corrected chi connectivity index (χ2v) is 31.1. The Hall–Kier alpha value is -1.75. The number of hydrogen-bond acceptors (Lipinski definition) is 7. The molecule has 75 heavy (non-hydrogen) atoms. The lowest BCUT2D eigenvalue weighted by Gasteiger charge is -2.41. The van der Waals surface area contributed by atoms with E-state index in [1.165, 1.54) is 40.7 Å². The molecule has 0 amide bonds. The highest BCUT2D eigenvalue weighted by Gasteiger charge is 2.51. The molecule has 0 N–H and O–H groups in total. The van der Waals surface area contributed by atoms with E-state index in [9.17, 15) is 13.2 Å².